The first kappa shape index (κ1) is 16.0. The van der Waals surface area contributed by atoms with Gasteiger partial charge >= 0.3 is 0 Å². The summed E-state index contributed by atoms with van der Waals surface area (Å²) in [5.74, 6) is 2.68. The third kappa shape index (κ3) is 4.30. The molecule has 3 heterocycles. The van der Waals surface area contributed by atoms with E-state index in [9.17, 15) is 0 Å². The molecule has 6 nitrogen and oxygen atoms in total. The highest BCUT2D eigenvalue weighted by Gasteiger charge is 2.16. The molecular formula is C17H24N4O2. The molecule has 23 heavy (non-hydrogen) atoms. The molecule has 0 radical (unpaired) electrons. The average Bonchev–Trinajstić information content (AvgIpc) is 2.96. The Hall–Kier alpha value is -1.92. The van der Waals surface area contributed by atoms with E-state index >= 15 is 0 Å². The van der Waals surface area contributed by atoms with Gasteiger partial charge in [0.15, 0.2) is 5.82 Å². The van der Waals surface area contributed by atoms with E-state index in [4.69, 9.17) is 14.1 Å². The zero-order valence-corrected chi connectivity index (χ0v) is 13.6. The molecule has 0 aromatic carbocycles. The summed E-state index contributed by atoms with van der Waals surface area (Å²) in [5, 5.41) is 6.88. The Bertz CT molecular complexity index is 613. The summed E-state index contributed by atoms with van der Waals surface area (Å²) in [6, 6.07) is 3.91. The zero-order chi connectivity index (χ0) is 15.9. The van der Waals surface area contributed by atoms with Gasteiger partial charge in [0.2, 0.25) is 0 Å². The minimum atomic E-state index is 0.462. The van der Waals surface area contributed by atoms with Crippen molar-refractivity contribution in [2.75, 3.05) is 31.6 Å². The summed E-state index contributed by atoms with van der Waals surface area (Å²) in [7, 11) is 0. The molecule has 0 saturated carbocycles. The Morgan fingerprint density at radius 3 is 3.04 bits per heavy atom. The first-order chi connectivity index (χ1) is 11.4. The first-order valence-corrected chi connectivity index (χ1v) is 8.30. The highest BCUT2D eigenvalue weighted by atomic mass is 16.5. The Kier molecular flexibility index (Phi) is 5.60. The van der Waals surface area contributed by atoms with Crippen LogP contribution in [0.1, 0.15) is 29.8 Å². The second-order valence-electron chi connectivity index (χ2n) is 5.56. The second kappa shape index (κ2) is 8.08. The molecule has 2 N–H and O–H groups in total. The molecule has 6 heteroatoms. The molecule has 0 atom stereocenters. The van der Waals surface area contributed by atoms with Crippen LogP contribution in [-0.4, -0.2) is 36.2 Å². The summed E-state index contributed by atoms with van der Waals surface area (Å²) >= 11 is 0. The highest BCUT2D eigenvalue weighted by Crippen LogP contribution is 2.20. The summed E-state index contributed by atoms with van der Waals surface area (Å²) in [5.41, 5.74) is 2.37. The summed E-state index contributed by atoms with van der Waals surface area (Å²) < 4.78 is 10.9. The van der Waals surface area contributed by atoms with Crippen LogP contribution in [-0.2, 0) is 30.6 Å². The van der Waals surface area contributed by atoms with Gasteiger partial charge in [0.25, 0.3) is 0 Å². The molecule has 0 spiro atoms. The largest absolute Gasteiger partial charge is 0.469 e. The number of nitrogens with zero attached hydrogens (tertiary/aromatic N) is 2. The Labute approximate surface area is 136 Å². The maximum absolute atomic E-state index is 5.48. The van der Waals surface area contributed by atoms with Crippen molar-refractivity contribution in [3.8, 4) is 0 Å². The fourth-order valence-corrected chi connectivity index (χ4v) is 2.76. The molecule has 0 fully saturated rings. The molecule has 0 amide bonds. The van der Waals surface area contributed by atoms with Crippen molar-refractivity contribution >= 4 is 5.82 Å². The third-order valence-corrected chi connectivity index (χ3v) is 3.91. The van der Waals surface area contributed by atoms with E-state index in [1.54, 1.807) is 6.26 Å². The number of anilines is 1. The summed E-state index contributed by atoms with van der Waals surface area (Å²) in [6.45, 7) is 5.83. The predicted molar refractivity (Wildman–Crippen MR) is 88.5 cm³/mol. The lowest BCUT2D eigenvalue weighted by atomic mass is 10.1. The number of hydrogen-bond donors (Lipinski definition) is 2. The summed E-state index contributed by atoms with van der Waals surface area (Å²) in [4.78, 5) is 9.37. The van der Waals surface area contributed by atoms with Gasteiger partial charge in [-0.1, -0.05) is 0 Å². The normalized spacial score (nSPS) is 14.3. The molecule has 3 rings (SSSR count). The van der Waals surface area contributed by atoms with Gasteiger partial charge in [0.1, 0.15) is 18.2 Å². The van der Waals surface area contributed by atoms with Gasteiger partial charge in [0.05, 0.1) is 12.0 Å². The number of fused-ring (bicyclic) bond motifs is 1. The van der Waals surface area contributed by atoms with E-state index in [-0.39, 0.29) is 0 Å². The summed E-state index contributed by atoms with van der Waals surface area (Å²) in [6.07, 6.45) is 4.43. The number of nitrogens with one attached hydrogen (secondary N) is 2. The van der Waals surface area contributed by atoms with Gasteiger partial charge in [-0.05, 0) is 32.0 Å². The van der Waals surface area contributed by atoms with Crippen molar-refractivity contribution in [3.63, 3.8) is 0 Å². The number of furan rings is 1. The van der Waals surface area contributed by atoms with Gasteiger partial charge < -0.3 is 19.8 Å². The predicted octanol–water partition coefficient (Wildman–Crippen LogP) is 1.95. The van der Waals surface area contributed by atoms with Gasteiger partial charge in [-0.3, -0.25) is 0 Å². The third-order valence-electron chi connectivity index (χ3n) is 3.91. The van der Waals surface area contributed by atoms with Crippen LogP contribution < -0.4 is 10.6 Å². The molecule has 0 saturated heterocycles. The van der Waals surface area contributed by atoms with Crippen molar-refractivity contribution in [2.45, 2.75) is 32.8 Å². The van der Waals surface area contributed by atoms with Gasteiger partial charge in [-0.25, -0.2) is 9.97 Å². The fourth-order valence-electron chi connectivity index (χ4n) is 2.76. The maximum atomic E-state index is 5.48. The zero-order valence-electron chi connectivity index (χ0n) is 13.6. The lowest BCUT2D eigenvalue weighted by Gasteiger charge is -2.14. The molecule has 124 valence electrons. The number of rotatable bonds is 7. The Balaban J connectivity index is 1.74. The molecular weight excluding hydrogens is 292 g/mol. The number of ether oxygens (including phenoxy) is 1. The highest BCUT2D eigenvalue weighted by molar-refractivity contribution is 5.47. The molecule has 2 aromatic heterocycles. The lowest BCUT2D eigenvalue weighted by Crippen LogP contribution is -2.16. The lowest BCUT2D eigenvalue weighted by molar-refractivity contribution is 0.128. The van der Waals surface area contributed by atoms with Crippen LogP contribution in [0.15, 0.2) is 22.8 Å². The van der Waals surface area contributed by atoms with Crippen molar-refractivity contribution in [1.29, 1.82) is 0 Å². The topological polar surface area (TPSA) is 72.2 Å². The second-order valence-corrected chi connectivity index (χ2v) is 5.56. The number of hydrogen-bond acceptors (Lipinski definition) is 6. The quantitative estimate of drug-likeness (QED) is 0.813. The molecule has 1 aliphatic heterocycles. The van der Waals surface area contributed by atoms with Crippen LogP contribution in [0.5, 0.6) is 0 Å². The maximum Gasteiger partial charge on any atom is 0.156 e. The minimum Gasteiger partial charge on any atom is -0.469 e. The SMILES string of the molecule is CCOCc1nc2c(c(NCCc3ccco3)n1)CCNCC2. The van der Waals surface area contributed by atoms with Crippen LogP contribution in [0.2, 0.25) is 0 Å². The van der Waals surface area contributed by atoms with E-state index in [1.165, 1.54) is 5.56 Å². The van der Waals surface area contributed by atoms with E-state index < -0.39 is 0 Å². The monoisotopic (exact) mass is 316 g/mol. The van der Waals surface area contributed by atoms with Gasteiger partial charge in [0, 0.05) is 38.1 Å². The van der Waals surface area contributed by atoms with Crippen LogP contribution >= 0.6 is 0 Å². The molecule has 1 aliphatic rings. The standard InChI is InChI=1S/C17H24N4O2/c1-2-22-12-16-20-15-7-9-18-8-6-14(15)17(21-16)19-10-5-13-4-3-11-23-13/h3-4,11,18H,2,5-10,12H2,1H3,(H,19,20,21). The van der Waals surface area contributed by atoms with Gasteiger partial charge in [-0.2, -0.15) is 0 Å². The van der Waals surface area contributed by atoms with Crippen LogP contribution in [0, 0.1) is 0 Å². The van der Waals surface area contributed by atoms with Crippen LogP contribution in [0.25, 0.3) is 0 Å². The molecule has 0 unspecified atom stereocenters. The first-order valence-electron chi connectivity index (χ1n) is 8.30. The van der Waals surface area contributed by atoms with E-state index in [2.05, 4.69) is 15.6 Å². The van der Waals surface area contributed by atoms with E-state index in [0.29, 0.717) is 13.2 Å². The molecule has 0 aliphatic carbocycles. The van der Waals surface area contributed by atoms with Crippen LogP contribution in [0.4, 0.5) is 5.82 Å². The minimum absolute atomic E-state index is 0.462. The average molecular weight is 316 g/mol. The fraction of sp³-hybridized carbons (Fsp3) is 0.529. The van der Waals surface area contributed by atoms with Crippen molar-refractivity contribution in [1.82, 2.24) is 15.3 Å². The molecule has 2 aromatic rings. The molecule has 0 bridgehead atoms. The van der Waals surface area contributed by atoms with Crippen molar-refractivity contribution in [2.24, 2.45) is 0 Å². The Morgan fingerprint density at radius 1 is 1.30 bits per heavy atom. The smallest absolute Gasteiger partial charge is 0.156 e. The van der Waals surface area contributed by atoms with Crippen molar-refractivity contribution < 1.29 is 9.15 Å². The number of aromatic nitrogens is 2. The van der Waals surface area contributed by atoms with E-state index in [0.717, 1.165) is 62.0 Å². The van der Waals surface area contributed by atoms with E-state index in [1.807, 2.05) is 19.1 Å². The van der Waals surface area contributed by atoms with Crippen molar-refractivity contribution in [3.05, 3.63) is 41.2 Å². The Morgan fingerprint density at radius 2 is 2.22 bits per heavy atom. The van der Waals surface area contributed by atoms with Gasteiger partial charge in [-0.15, -0.1) is 0 Å². The van der Waals surface area contributed by atoms with Crippen LogP contribution in [0.3, 0.4) is 0 Å².